The zero-order valence-electron chi connectivity index (χ0n) is 18.7. The van der Waals surface area contributed by atoms with Gasteiger partial charge >= 0.3 is 11.9 Å². The van der Waals surface area contributed by atoms with E-state index in [0.717, 1.165) is 12.7 Å². The molecule has 2 aromatic carbocycles. The van der Waals surface area contributed by atoms with E-state index in [1.807, 2.05) is 6.92 Å². The van der Waals surface area contributed by atoms with Crippen LogP contribution in [0.1, 0.15) is 46.9 Å². The average molecular weight is 455 g/mol. The van der Waals surface area contributed by atoms with Gasteiger partial charge < -0.3 is 24.1 Å². The molecule has 2 aromatic rings. The Morgan fingerprint density at radius 1 is 0.970 bits per heavy atom. The van der Waals surface area contributed by atoms with Crippen LogP contribution in [0.3, 0.4) is 0 Å². The maximum absolute atomic E-state index is 12.7. The molecule has 7 heteroatoms. The van der Waals surface area contributed by atoms with Gasteiger partial charge in [0.05, 0.1) is 23.3 Å². The molecule has 0 spiro atoms. The molecule has 1 N–H and O–H groups in total. The fraction of sp³-hybridized carbons (Fsp3) is 0.423. The molecule has 0 aliphatic carbocycles. The Hall–Kier alpha value is -3.03. The number of hydrogen-bond acceptors (Lipinski definition) is 7. The van der Waals surface area contributed by atoms with Crippen molar-refractivity contribution in [3.63, 3.8) is 0 Å². The number of benzene rings is 2. The van der Waals surface area contributed by atoms with Crippen LogP contribution in [-0.2, 0) is 19.0 Å². The molecule has 7 nitrogen and oxygen atoms in total. The van der Waals surface area contributed by atoms with Gasteiger partial charge in [0.25, 0.3) is 0 Å². The lowest BCUT2D eigenvalue weighted by Gasteiger charge is -2.25. The first-order chi connectivity index (χ1) is 16.1. The zero-order valence-corrected chi connectivity index (χ0v) is 18.7. The van der Waals surface area contributed by atoms with Crippen LogP contribution in [0.15, 0.2) is 60.7 Å². The normalized spacial score (nSPS) is 23.0. The van der Waals surface area contributed by atoms with Crippen molar-refractivity contribution in [3.05, 3.63) is 71.8 Å². The Bertz CT molecular complexity index is 899. The second kappa shape index (κ2) is 12.3. The van der Waals surface area contributed by atoms with E-state index in [2.05, 4.69) is 0 Å². The molecule has 0 bridgehead atoms. The number of carbonyl (C=O) groups is 3. The average Bonchev–Trinajstić information content (AvgIpc) is 3.19. The highest BCUT2D eigenvalue weighted by Gasteiger charge is 2.44. The predicted octanol–water partition coefficient (Wildman–Crippen LogP) is 3.45. The Morgan fingerprint density at radius 3 is 2.12 bits per heavy atom. The minimum absolute atomic E-state index is 0.0162. The summed E-state index contributed by atoms with van der Waals surface area (Å²) in [6.07, 6.45) is 0.523. The minimum Gasteiger partial charge on any atom is -0.458 e. The largest absolute Gasteiger partial charge is 0.458 e. The van der Waals surface area contributed by atoms with Crippen molar-refractivity contribution in [2.45, 2.75) is 44.5 Å². The molecule has 0 saturated carbocycles. The van der Waals surface area contributed by atoms with Crippen molar-refractivity contribution in [2.24, 2.45) is 11.8 Å². The second-order valence-corrected chi connectivity index (χ2v) is 8.13. The lowest BCUT2D eigenvalue weighted by Crippen LogP contribution is -2.33. The lowest BCUT2D eigenvalue weighted by atomic mass is 9.83. The van der Waals surface area contributed by atoms with E-state index in [-0.39, 0.29) is 44.0 Å². The number of ether oxygens (including phenoxy) is 3. The summed E-state index contributed by atoms with van der Waals surface area (Å²) in [5.41, 5.74) is 0.779. The summed E-state index contributed by atoms with van der Waals surface area (Å²) in [7, 11) is 0. The molecular formula is C26H30O7. The third-order valence-corrected chi connectivity index (χ3v) is 6.05. The van der Waals surface area contributed by atoms with Gasteiger partial charge in [0, 0.05) is 25.4 Å². The summed E-state index contributed by atoms with van der Waals surface area (Å²) in [6.45, 7) is 1.73. The molecule has 1 aliphatic rings. The number of carbonyl (C=O) groups excluding carboxylic acids is 3. The van der Waals surface area contributed by atoms with Gasteiger partial charge in [-0.15, -0.1) is 0 Å². The molecule has 0 radical (unpaired) electrons. The van der Waals surface area contributed by atoms with Crippen LogP contribution in [0, 0.1) is 11.8 Å². The molecule has 1 unspecified atom stereocenters. The van der Waals surface area contributed by atoms with Crippen LogP contribution in [0.4, 0.5) is 0 Å². The zero-order chi connectivity index (χ0) is 23.6. The van der Waals surface area contributed by atoms with E-state index in [1.54, 1.807) is 60.7 Å². The summed E-state index contributed by atoms with van der Waals surface area (Å²) in [5.74, 6) is -1.25. The molecule has 5 atom stereocenters. The predicted molar refractivity (Wildman–Crippen MR) is 121 cm³/mol. The molecule has 0 aromatic heterocycles. The lowest BCUT2D eigenvalue weighted by molar-refractivity contribution is -0.111. The molecule has 33 heavy (non-hydrogen) atoms. The number of aldehydes is 1. The first kappa shape index (κ1) is 24.6. The highest BCUT2D eigenvalue weighted by atomic mass is 16.6. The standard InChI is InChI=1S/C26H30O7/c1-2-21-22(16-28)24(33-23(21)13-14-27)15-20(32-26(30)19-11-7-4-8-12-19)17-31-25(29)18-9-5-3-6-10-18/h3-12,14,20-24,28H,2,13,15-17H2,1H3/t20?,21-,22-,23+,24-/m1/s1. The Kier molecular flexibility index (Phi) is 9.15. The van der Waals surface area contributed by atoms with Gasteiger partial charge in [0.15, 0.2) is 0 Å². The first-order valence-electron chi connectivity index (χ1n) is 11.3. The van der Waals surface area contributed by atoms with Crippen LogP contribution in [0.5, 0.6) is 0 Å². The number of aliphatic hydroxyl groups excluding tert-OH is 1. The van der Waals surface area contributed by atoms with Crippen molar-refractivity contribution in [2.75, 3.05) is 13.2 Å². The van der Waals surface area contributed by atoms with E-state index < -0.39 is 24.1 Å². The summed E-state index contributed by atoms with van der Waals surface area (Å²) >= 11 is 0. The first-order valence-corrected chi connectivity index (χ1v) is 11.3. The van der Waals surface area contributed by atoms with Gasteiger partial charge in [-0.3, -0.25) is 0 Å². The smallest absolute Gasteiger partial charge is 0.338 e. The van der Waals surface area contributed by atoms with Crippen LogP contribution < -0.4 is 0 Å². The fourth-order valence-corrected chi connectivity index (χ4v) is 4.38. The second-order valence-electron chi connectivity index (χ2n) is 8.13. The monoisotopic (exact) mass is 454 g/mol. The van der Waals surface area contributed by atoms with Gasteiger partial charge in [0.1, 0.15) is 19.0 Å². The highest BCUT2D eigenvalue weighted by molar-refractivity contribution is 5.90. The number of rotatable bonds is 11. The quantitative estimate of drug-likeness (QED) is 0.410. The number of hydrogen-bond donors (Lipinski definition) is 1. The van der Waals surface area contributed by atoms with Crippen LogP contribution in [-0.4, -0.2) is 54.9 Å². The number of esters is 2. The maximum atomic E-state index is 12.7. The van der Waals surface area contributed by atoms with E-state index in [9.17, 15) is 19.5 Å². The van der Waals surface area contributed by atoms with Gasteiger partial charge in [-0.05, 0) is 30.2 Å². The van der Waals surface area contributed by atoms with E-state index in [4.69, 9.17) is 14.2 Å². The minimum atomic E-state index is -0.781. The Labute approximate surface area is 193 Å². The summed E-state index contributed by atoms with van der Waals surface area (Å²) < 4.78 is 17.2. The van der Waals surface area contributed by atoms with Gasteiger partial charge in [0.2, 0.25) is 0 Å². The van der Waals surface area contributed by atoms with Gasteiger partial charge in [-0.2, -0.15) is 0 Å². The molecule has 176 valence electrons. The third kappa shape index (κ3) is 6.49. The molecule has 1 saturated heterocycles. The Morgan fingerprint density at radius 2 is 1.58 bits per heavy atom. The van der Waals surface area contributed by atoms with Crippen molar-refractivity contribution < 1.29 is 33.7 Å². The van der Waals surface area contributed by atoms with Crippen molar-refractivity contribution in [1.29, 1.82) is 0 Å². The molecule has 3 rings (SSSR count). The van der Waals surface area contributed by atoms with Crippen molar-refractivity contribution >= 4 is 18.2 Å². The highest BCUT2D eigenvalue weighted by Crippen LogP contribution is 2.38. The van der Waals surface area contributed by atoms with Crippen LogP contribution in [0.25, 0.3) is 0 Å². The molecule has 1 fully saturated rings. The SMILES string of the molecule is CC[C@@H]1[C@@H](CO)[C@@H](CC(COC(=O)c2ccccc2)OC(=O)c2ccccc2)O[C@H]1CC=O. The summed E-state index contributed by atoms with van der Waals surface area (Å²) in [4.78, 5) is 36.2. The molecule has 1 aliphatic heterocycles. The fourth-order valence-electron chi connectivity index (χ4n) is 4.38. The summed E-state index contributed by atoms with van der Waals surface area (Å²) in [6, 6.07) is 17.1. The summed E-state index contributed by atoms with van der Waals surface area (Å²) in [5, 5.41) is 10.0. The van der Waals surface area contributed by atoms with Crippen molar-refractivity contribution in [3.8, 4) is 0 Å². The van der Waals surface area contributed by atoms with Crippen molar-refractivity contribution in [1.82, 2.24) is 0 Å². The maximum Gasteiger partial charge on any atom is 0.338 e. The van der Waals surface area contributed by atoms with E-state index in [1.165, 1.54) is 0 Å². The van der Waals surface area contributed by atoms with Crippen LogP contribution >= 0.6 is 0 Å². The topological polar surface area (TPSA) is 99.1 Å². The third-order valence-electron chi connectivity index (χ3n) is 6.05. The van der Waals surface area contributed by atoms with E-state index in [0.29, 0.717) is 11.1 Å². The van der Waals surface area contributed by atoms with Gasteiger partial charge in [-0.25, -0.2) is 9.59 Å². The molecule has 0 amide bonds. The molecule has 1 heterocycles. The molecular weight excluding hydrogens is 424 g/mol. The van der Waals surface area contributed by atoms with Crippen LogP contribution in [0.2, 0.25) is 0 Å². The van der Waals surface area contributed by atoms with Gasteiger partial charge in [-0.1, -0.05) is 49.7 Å². The Balaban J connectivity index is 1.73. The number of aliphatic hydroxyl groups is 1. The van der Waals surface area contributed by atoms with E-state index >= 15 is 0 Å².